The lowest BCUT2D eigenvalue weighted by Crippen LogP contribution is -2.22. The Hall–Kier alpha value is -1.43. The Morgan fingerprint density at radius 1 is 1.47 bits per heavy atom. The number of unbranched alkanes of at least 4 members (excludes halogenated alkanes) is 1. The van der Waals surface area contributed by atoms with E-state index in [9.17, 15) is 4.79 Å². The molecule has 0 amide bonds. The number of rotatable bonds is 6. The number of nitrogens with zero attached hydrogens (tertiary/aromatic N) is 2. The van der Waals surface area contributed by atoms with Crippen molar-refractivity contribution in [2.75, 3.05) is 6.54 Å². The predicted octanol–water partition coefficient (Wildman–Crippen LogP) is 0.769. The molecule has 0 atom stereocenters. The Kier molecular flexibility index (Phi) is 4.76. The maximum atomic E-state index is 11.5. The molecule has 0 bridgehead atoms. The Morgan fingerprint density at radius 3 is 2.87 bits per heavy atom. The van der Waals surface area contributed by atoms with Crippen LogP contribution in [0.2, 0.25) is 0 Å². The maximum absolute atomic E-state index is 11.5. The summed E-state index contributed by atoms with van der Waals surface area (Å²) < 4.78 is 0. The maximum Gasteiger partial charge on any atom is 0.185 e. The number of guanidine groups is 1. The number of Topliss-reactive ketones (excluding diaryl/α,β-unsaturated/α-hetero) is 1. The lowest BCUT2D eigenvalue weighted by Gasteiger charge is -1.96. The van der Waals surface area contributed by atoms with E-state index in [4.69, 9.17) is 11.5 Å². The zero-order valence-corrected chi connectivity index (χ0v) is 9.17. The van der Waals surface area contributed by atoms with Gasteiger partial charge in [0.1, 0.15) is 0 Å². The predicted molar refractivity (Wildman–Crippen MR) is 61.0 cm³/mol. The minimum Gasteiger partial charge on any atom is -0.370 e. The second-order valence-corrected chi connectivity index (χ2v) is 3.94. The van der Waals surface area contributed by atoms with Gasteiger partial charge in [0.25, 0.3) is 0 Å². The van der Waals surface area contributed by atoms with E-state index in [0.29, 0.717) is 13.0 Å². The summed E-state index contributed by atoms with van der Waals surface area (Å²) in [6, 6.07) is 0. The molecule has 15 heavy (non-hydrogen) atoms. The normalized spacial score (nSPS) is 9.87. The first-order valence-corrected chi connectivity index (χ1v) is 5.55. The second-order valence-electron chi connectivity index (χ2n) is 3.05. The minimum atomic E-state index is 0.101. The third-order valence-electron chi connectivity index (χ3n) is 1.81. The van der Waals surface area contributed by atoms with E-state index in [0.717, 1.165) is 17.7 Å². The average Bonchev–Trinajstić information content (AvgIpc) is 2.69. The lowest BCUT2D eigenvalue weighted by molar-refractivity contribution is 0.0983. The Bertz CT molecular complexity index is 330. The van der Waals surface area contributed by atoms with E-state index in [1.54, 1.807) is 11.7 Å². The van der Waals surface area contributed by atoms with Gasteiger partial charge in [-0.25, -0.2) is 0 Å². The number of nitrogens with two attached hydrogens (primary N) is 2. The van der Waals surface area contributed by atoms with Gasteiger partial charge in [-0.05, 0) is 12.8 Å². The van der Waals surface area contributed by atoms with Gasteiger partial charge in [-0.15, -0.1) is 11.3 Å². The zero-order chi connectivity index (χ0) is 11.1. The molecule has 0 saturated carbocycles. The molecule has 82 valence electrons. The Morgan fingerprint density at radius 2 is 2.27 bits per heavy atom. The molecule has 0 aromatic carbocycles. The number of hydrogen-bond donors (Lipinski definition) is 2. The highest BCUT2D eigenvalue weighted by molar-refractivity contribution is 7.11. The van der Waals surface area contributed by atoms with Gasteiger partial charge in [0, 0.05) is 19.2 Å². The summed E-state index contributed by atoms with van der Waals surface area (Å²) in [5.41, 5.74) is 12.0. The molecule has 4 N–H and O–H groups in total. The van der Waals surface area contributed by atoms with Gasteiger partial charge in [-0.3, -0.25) is 14.8 Å². The molecule has 1 aromatic rings. The lowest BCUT2D eigenvalue weighted by atomic mass is 10.1. The van der Waals surface area contributed by atoms with Gasteiger partial charge in [-0.1, -0.05) is 0 Å². The molecule has 1 rings (SSSR count). The van der Waals surface area contributed by atoms with Gasteiger partial charge < -0.3 is 11.5 Å². The van der Waals surface area contributed by atoms with Crippen molar-refractivity contribution < 1.29 is 4.79 Å². The fraction of sp³-hybridized carbons (Fsp3) is 0.444. The Labute approximate surface area is 92.2 Å². The van der Waals surface area contributed by atoms with Crippen LogP contribution in [0.25, 0.3) is 0 Å². The summed E-state index contributed by atoms with van der Waals surface area (Å²) in [7, 11) is 0. The standard InChI is InChI=1S/C9H14N4OS/c10-9(11)13-4-2-1-3-7(14)8-5-12-6-15-8/h5-6H,1-4H2,(H4,10,11,13). The fourth-order valence-corrected chi connectivity index (χ4v) is 1.67. The van der Waals surface area contributed by atoms with E-state index in [2.05, 4.69) is 9.98 Å². The minimum absolute atomic E-state index is 0.101. The van der Waals surface area contributed by atoms with Crippen LogP contribution in [0.15, 0.2) is 16.7 Å². The van der Waals surface area contributed by atoms with E-state index >= 15 is 0 Å². The van der Waals surface area contributed by atoms with Gasteiger partial charge in [-0.2, -0.15) is 0 Å². The van der Waals surface area contributed by atoms with Crippen LogP contribution in [0.3, 0.4) is 0 Å². The summed E-state index contributed by atoms with van der Waals surface area (Å²) >= 11 is 1.37. The second kappa shape index (κ2) is 6.13. The average molecular weight is 226 g/mol. The number of thiazole rings is 1. The van der Waals surface area contributed by atoms with E-state index in [1.165, 1.54) is 11.3 Å². The van der Waals surface area contributed by atoms with Crippen LogP contribution < -0.4 is 11.5 Å². The first kappa shape index (κ1) is 11.6. The van der Waals surface area contributed by atoms with Gasteiger partial charge in [0.05, 0.1) is 10.4 Å². The van der Waals surface area contributed by atoms with E-state index in [-0.39, 0.29) is 11.7 Å². The first-order chi connectivity index (χ1) is 7.20. The summed E-state index contributed by atoms with van der Waals surface area (Å²) in [6.07, 6.45) is 3.75. The van der Waals surface area contributed by atoms with Crippen molar-refractivity contribution in [1.82, 2.24) is 4.98 Å². The number of ketones is 1. The van der Waals surface area contributed by atoms with Crippen molar-refractivity contribution in [3.63, 3.8) is 0 Å². The summed E-state index contributed by atoms with van der Waals surface area (Å²) in [4.78, 5) is 19.9. The quantitative estimate of drug-likeness (QED) is 0.324. The van der Waals surface area contributed by atoms with Crippen LogP contribution in [-0.2, 0) is 0 Å². The van der Waals surface area contributed by atoms with Crippen molar-refractivity contribution in [3.05, 3.63) is 16.6 Å². The van der Waals surface area contributed by atoms with E-state index in [1.807, 2.05) is 0 Å². The van der Waals surface area contributed by atoms with E-state index < -0.39 is 0 Å². The zero-order valence-electron chi connectivity index (χ0n) is 8.35. The molecule has 1 aromatic heterocycles. The van der Waals surface area contributed by atoms with Crippen LogP contribution in [0.5, 0.6) is 0 Å². The third-order valence-corrected chi connectivity index (χ3v) is 2.63. The molecule has 0 aliphatic carbocycles. The van der Waals surface area contributed by atoms with Crippen LogP contribution in [0.4, 0.5) is 0 Å². The molecule has 0 aliphatic rings. The molecular formula is C9H14N4OS. The molecule has 0 spiro atoms. The van der Waals surface area contributed by atoms with Crippen LogP contribution in [-0.4, -0.2) is 23.3 Å². The smallest absolute Gasteiger partial charge is 0.185 e. The SMILES string of the molecule is NC(N)=NCCCCC(=O)c1cncs1. The highest BCUT2D eigenvalue weighted by atomic mass is 32.1. The van der Waals surface area contributed by atoms with Crippen LogP contribution >= 0.6 is 11.3 Å². The Balaban J connectivity index is 2.16. The summed E-state index contributed by atoms with van der Waals surface area (Å²) in [5.74, 6) is 0.242. The third kappa shape index (κ3) is 4.55. The molecule has 0 radical (unpaired) electrons. The summed E-state index contributed by atoms with van der Waals surface area (Å²) in [5, 5.41) is 0. The van der Waals surface area contributed by atoms with Crippen molar-refractivity contribution in [3.8, 4) is 0 Å². The van der Waals surface area contributed by atoms with Gasteiger partial charge in [0.2, 0.25) is 0 Å². The first-order valence-electron chi connectivity index (χ1n) is 4.67. The van der Waals surface area contributed by atoms with Gasteiger partial charge in [0.15, 0.2) is 11.7 Å². The molecule has 0 aliphatic heterocycles. The number of aliphatic imine (C=N–C) groups is 1. The molecule has 6 heteroatoms. The highest BCUT2D eigenvalue weighted by Crippen LogP contribution is 2.10. The van der Waals surface area contributed by atoms with Crippen molar-refractivity contribution in [2.24, 2.45) is 16.5 Å². The number of carbonyl (C=O) groups is 1. The largest absolute Gasteiger partial charge is 0.370 e. The van der Waals surface area contributed by atoms with Crippen molar-refractivity contribution in [1.29, 1.82) is 0 Å². The monoisotopic (exact) mass is 226 g/mol. The highest BCUT2D eigenvalue weighted by Gasteiger charge is 2.06. The summed E-state index contributed by atoms with van der Waals surface area (Å²) in [6.45, 7) is 0.582. The molecule has 1 heterocycles. The topological polar surface area (TPSA) is 94.4 Å². The molecule has 0 fully saturated rings. The van der Waals surface area contributed by atoms with Crippen molar-refractivity contribution >= 4 is 23.1 Å². The number of aromatic nitrogens is 1. The fourth-order valence-electron chi connectivity index (χ4n) is 1.08. The van der Waals surface area contributed by atoms with Gasteiger partial charge >= 0.3 is 0 Å². The molecule has 5 nitrogen and oxygen atoms in total. The molecule has 0 unspecified atom stereocenters. The molecule has 0 saturated heterocycles. The van der Waals surface area contributed by atoms with Crippen molar-refractivity contribution in [2.45, 2.75) is 19.3 Å². The molecular weight excluding hydrogens is 212 g/mol. The number of hydrogen-bond acceptors (Lipinski definition) is 4. The van der Waals surface area contributed by atoms with Crippen LogP contribution in [0, 0.1) is 0 Å². The van der Waals surface area contributed by atoms with Crippen LogP contribution in [0.1, 0.15) is 28.9 Å². The number of carbonyl (C=O) groups excluding carboxylic acids is 1.